The normalized spacial score (nSPS) is 15.5. The summed E-state index contributed by atoms with van der Waals surface area (Å²) in [5.74, 6) is -0.506. The predicted octanol–water partition coefficient (Wildman–Crippen LogP) is 2.89. The van der Waals surface area contributed by atoms with Crippen molar-refractivity contribution in [2.24, 2.45) is 0 Å². The number of nitrogens with zero attached hydrogens (tertiary/aromatic N) is 3. The van der Waals surface area contributed by atoms with Gasteiger partial charge in [0.25, 0.3) is 5.91 Å². The van der Waals surface area contributed by atoms with E-state index in [1.54, 1.807) is 24.4 Å². The van der Waals surface area contributed by atoms with Crippen molar-refractivity contribution in [3.63, 3.8) is 0 Å². The summed E-state index contributed by atoms with van der Waals surface area (Å²) in [6.45, 7) is 0.371. The van der Waals surface area contributed by atoms with Crippen molar-refractivity contribution in [2.75, 3.05) is 6.54 Å². The number of benzene rings is 1. The summed E-state index contributed by atoms with van der Waals surface area (Å²) in [5.41, 5.74) is 0.919. The van der Waals surface area contributed by atoms with Gasteiger partial charge in [-0.15, -0.1) is 5.10 Å². The first-order chi connectivity index (χ1) is 11.2. The fraction of sp³-hybridized carbons (Fsp3) is 0.471. The first kappa shape index (κ1) is 15.6. The second-order valence-corrected chi connectivity index (χ2v) is 5.97. The molecule has 1 heterocycles. The Morgan fingerprint density at radius 3 is 2.83 bits per heavy atom. The summed E-state index contributed by atoms with van der Waals surface area (Å²) in [5, 5.41) is 10.8. The lowest BCUT2D eigenvalue weighted by molar-refractivity contribution is 0.0949. The van der Waals surface area contributed by atoms with Crippen LogP contribution in [-0.4, -0.2) is 27.4 Å². The van der Waals surface area contributed by atoms with E-state index >= 15 is 0 Å². The van der Waals surface area contributed by atoms with Crippen molar-refractivity contribution in [3.8, 4) is 0 Å². The maximum absolute atomic E-state index is 13.5. The summed E-state index contributed by atoms with van der Waals surface area (Å²) in [6, 6.07) is 6.95. The van der Waals surface area contributed by atoms with Crippen LogP contribution in [0, 0.1) is 5.82 Å². The molecule has 1 aromatic carbocycles. The third-order valence-corrected chi connectivity index (χ3v) is 4.33. The fourth-order valence-corrected chi connectivity index (χ4v) is 3.01. The van der Waals surface area contributed by atoms with Crippen LogP contribution in [0.2, 0.25) is 0 Å². The van der Waals surface area contributed by atoms with Crippen molar-refractivity contribution in [3.05, 3.63) is 47.5 Å². The molecule has 3 rings (SSSR count). The fourth-order valence-electron chi connectivity index (χ4n) is 3.01. The third kappa shape index (κ3) is 3.94. The van der Waals surface area contributed by atoms with E-state index < -0.39 is 0 Å². The Morgan fingerprint density at radius 1 is 1.26 bits per heavy atom. The molecule has 0 unspecified atom stereocenters. The van der Waals surface area contributed by atoms with Crippen molar-refractivity contribution in [2.45, 2.75) is 44.6 Å². The molecule has 5 nitrogen and oxygen atoms in total. The molecule has 1 N–H and O–H groups in total. The van der Waals surface area contributed by atoms with Crippen LogP contribution < -0.4 is 5.32 Å². The summed E-state index contributed by atoms with van der Waals surface area (Å²) in [4.78, 5) is 12.1. The van der Waals surface area contributed by atoms with E-state index in [0.29, 0.717) is 30.3 Å². The number of carbonyl (C=O) groups excluding carboxylic acids is 1. The Bertz CT molecular complexity index is 664. The maximum atomic E-state index is 13.5. The molecular formula is C17H21FN4O. The van der Waals surface area contributed by atoms with Crippen LogP contribution in [0.4, 0.5) is 4.39 Å². The topological polar surface area (TPSA) is 59.8 Å². The van der Waals surface area contributed by atoms with Gasteiger partial charge < -0.3 is 5.32 Å². The standard InChI is InChI=1S/C17H21FN4O/c18-15-9-5-4-6-13(15)10-11-19-17(23)16-12-22(21-20-16)14-7-2-1-3-8-14/h4-6,9,12,14H,1-3,7-8,10-11H2,(H,19,23). The van der Waals surface area contributed by atoms with Gasteiger partial charge in [-0.1, -0.05) is 42.7 Å². The van der Waals surface area contributed by atoms with Gasteiger partial charge in [0.2, 0.25) is 0 Å². The minimum atomic E-state index is -0.261. The monoisotopic (exact) mass is 316 g/mol. The number of aromatic nitrogens is 3. The smallest absolute Gasteiger partial charge is 0.273 e. The van der Waals surface area contributed by atoms with Crippen LogP contribution in [-0.2, 0) is 6.42 Å². The Kier molecular flexibility index (Phi) is 5.00. The largest absolute Gasteiger partial charge is 0.350 e. The van der Waals surface area contributed by atoms with Crippen LogP contribution in [0.15, 0.2) is 30.5 Å². The average Bonchev–Trinajstić information content (AvgIpc) is 3.07. The molecule has 1 aliphatic carbocycles. The number of hydrogen-bond donors (Lipinski definition) is 1. The molecule has 1 aliphatic rings. The van der Waals surface area contributed by atoms with Crippen LogP contribution in [0.5, 0.6) is 0 Å². The van der Waals surface area contributed by atoms with Crippen LogP contribution >= 0.6 is 0 Å². The molecule has 0 saturated heterocycles. The third-order valence-electron chi connectivity index (χ3n) is 4.33. The number of amides is 1. The van der Waals surface area contributed by atoms with Gasteiger partial charge in [-0.3, -0.25) is 4.79 Å². The molecule has 2 aromatic rings. The van der Waals surface area contributed by atoms with E-state index in [1.807, 2.05) is 4.68 Å². The van der Waals surface area contributed by atoms with Crippen molar-refractivity contribution >= 4 is 5.91 Å². The molecule has 6 heteroatoms. The first-order valence-electron chi connectivity index (χ1n) is 8.17. The van der Waals surface area contributed by atoms with E-state index in [9.17, 15) is 9.18 Å². The second kappa shape index (κ2) is 7.35. The van der Waals surface area contributed by atoms with Gasteiger partial charge in [0.15, 0.2) is 5.69 Å². The van der Waals surface area contributed by atoms with Gasteiger partial charge in [-0.25, -0.2) is 9.07 Å². The van der Waals surface area contributed by atoms with Crippen molar-refractivity contribution in [1.29, 1.82) is 0 Å². The van der Waals surface area contributed by atoms with Gasteiger partial charge in [-0.05, 0) is 30.9 Å². The van der Waals surface area contributed by atoms with Gasteiger partial charge in [0, 0.05) is 6.54 Å². The number of nitrogens with one attached hydrogen (secondary N) is 1. The maximum Gasteiger partial charge on any atom is 0.273 e. The van der Waals surface area contributed by atoms with E-state index in [2.05, 4.69) is 15.6 Å². The van der Waals surface area contributed by atoms with E-state index in [1.165, 1.54) is 25.3 Å². The highest BCUT2D eigenvalue weighted by atomic mass is 19.1. The summed E-state index contributed by atoms with van der Waals surface area (Å²) < 4.78 is 15.3. The van der Waals surface area contributed by atoms with E-state index in [-0.39, 0.29) is 11.7 Å². The number of halogens is 1. The Hall–Kier alpha value is -2.24. The Balaban J connectivity index is 1.52. The lowest BCUT2D eigenvalue weighted by Gasteiger charge is -2.20. The molecule has 0 radical (unpaired) electrons. The first-order valence-corrected chi connectivity index (χ1v) is 8.17. The Labute approximate surface area is 134 Å². The molecule has 0 aliphatic heterocycles. The molecule has 1 aromatic heterocycles. The number of rotatable bonds is 5. The minimum absolute atomic E-state index is 0.245. The van der Waals surface area contributed by atoms with Gasteiger partial charge in [0.05, 0.1) is 12.2 Å². The SMILES string of the molecule is O=C(NCCc1ccccc1F)c1cn(C2CCCCC2)nn1. The van der Waals surface area contributed by atoms with Gasteiger partial charge in [0.1, 0.15) is 5.82 Å². The highest BCUT2D eigenvalue weighted by Gasteiger charge is 2.18. The number of hydrogen-bond acceptors (Lipinski definition) is 3. The molecule has 1 saturated carbocycles. The molecule has 1 amide bonds. The van der Waals surface area contributed by atoms with E-state index in [0.717, 1.165) is 12.8 Å². The average molecular weight is 316 g/mol. The van der Waals surface area contributed by atoms with Gasteiger partial charge >= 0.3 is 0 Å². The lowest BCUT2D eigenvalue weighted by atomic mass is 9.96. The van der Waals surface area contributed by atoms with Crippen molar-refractivity contribution < 1.29 is 9.18 Å². The second-order valence-electron chi connectivity index (χ2n) is 5.97. The summed E-state index contributed by atoms with van der Waals surface area (Å²) in [7, 11) is 0. The molecule has 0 bridgehead atoms. The molecule has 0 spiro atoms. The number of carbonyl (C=O) groups is 1. The predicted molar refractivity (Wildman–Crippen MR) is 84.6 cm³/mol. The molecular weight excluding hydrogens is 295 g/mol. The van der Waals surface area contributed by atoms with Crippen LogP contribution in [0.1, 0.15) is 54.2 Å². The van der Waals surface area contributed by atoms with Crippen LogP contribution in [0.25, 0.3) is 0 Å². The zero-order chi connectivity index (χ0) is 16.1. The summed E-state index contributed by atoms with van der Waals surface area (Å²) in [6.07, 6.45) is 8.04. The van der Waals surface area contributed by atoms with Crippen molar-refractivity contribution in [1.82, 2.24) is 20.3 Å². The van der Waals surface area contributed by atoms with Crippen LogP contribution in [0.3, 0.4) is 0 Å². The zero-order valence-electron chi connectivity index (χ0n) is 13.0. The Morgan fingerprint density at radius 2 is 2.04 bits per heavy atom. The van der Waals surface area contributed by atoms with Gasteiger partial charge in [-0.2, -0.15) is 0 Å². The summed E-state index contributed by atoms with van der Waals surface area (Å²) >= 11 is 0. The molecule has 0 atom stereocenters. The molecule has 23 heavy (non-hydrogen) atoms. The highest BCUT2D eigenvalue weighted by molar-refractivity contribution is 5.91. The quantitative estimate of drug-likeness (QED) is 0.922. The lowest BCUT2D eigenvalue weighted by Crippen LogP contribution is -2.26. The highest BCUT2D eigenvalue weighted by Crippen LogP contribution is 2.27. The molecule has 122 valence electrons. The zero-order valence-corrected chi connectivity index (χ0v) is 13.0. The molecule has 1 fully saturated rings. The van der Waals surface area contributed by atoms with E-state index in [4.69, 9.17) is 0 Å². The minimum Gasteiger partial charge on any atom is -0.350 e.